The first kappa shape index (κ1) is 26.7. The van der Waals surface area contributed by atoms with Crippen LogP contribution in [0.1, 0.15) is 34.7 Å². The maximum absolute atomic E-state index is 13.1. The third-order valence-electron chi connectivity index (χ3n) is 6.89. The predicted octanol–water partition coefficient (Wildman–Crippen LogP) is 6.52. The number of nitrogens with zero attached hydrogens (tertiary/aromatic N) is 3. The standard InChI is InChI=1S/C33H26N4O2S2/c38-31(21-23-10-4-1-5-11-23)35-37-32(39)30(41-33(37)40)20-24-16-18-27(19-17-24)36-29(26-14-8-3-9-15-26)22-28(34-36)25-12-6-2-7-13-25/h1-20,29H,21-22H2,(H,35,38). The molecule has 0 saturated carbocycles. The topological polar surface area (TPSA) is 65.0 Å². The minimum Gasteiger partial charge on any atom is -0.273 e. The Morgan fingerprint density at radius 1 is 0.902 bits per heavy atom. The molecule has 4 aromatic rings. The quantitative estimate of drug-likeness (QED) is 0.201. The number of hydrogen-bond donors (Lipinski definition) is 1. The van der Waals surface area contributed by atoms with E-state index >= 15 is 0 Å². The van der Waals surface area contributed by atoms with E-state index in [1.165, 1.54) is 17.3 Å². The Balaban J connectivity index is 1.19. The average Bonchev–Trinajstić information content (AvgIpc) is 3.56. The van der Waals surface area contributed by atoms with E-state index < -0.39 is 0 Å². The van der Waals surface area contributed by atoms with Crippen molar-refractivity contribution in [1.29, 1.82) is 0 Å². The van der Waals surface area contributed by atoms with Crippen molar-refractivity contribution in [3.63, 3.8) is 0 Å². The minimum absolute atomic E-state index is 0.0769. The molecule has 6 rings (SSSR count). The van der Waals surface area contributed by atoms with Crippen LogP contribution >= 0.6 is 24.0 Å². The van der Waals surface area contributed by atoms with Crippen LogP contribution in [0.3, 0.4) is 0 Å². The zero-order valence-electron chi connectivity index (χ0n) is 22.0. The zero-order valence-corrected chi connectivity index (χ0v) is 23.6. The summed E-state index contributed by atoms with van der Waals surface area (Å²) in [5, 5.41) is 8.25. The van der Waals surface area contributed by atoms with Gasteiger partial charge in [-0.05, 0) is 52.7 Å². The fraction of sp³-hybridized carbons (Fsp3) is 0.0909. The third-order valence-corrected chi connectivity index (χ3v) is 8.20. The van der Waals surface area contributed by atoms with Crippen molar-refractivity contribution in [3.8, 4) is 0 Å². The highest BCUT2D eigenvalue weighted by molar-refractivity contribution is 8.26. The van der Waals surface area contributed by atoms with E-state index in [1.807, 2.05) is 78.9 Å². The highest BCUT2D eigenvalue weighted by Gasteiger charge is 2.34. The van der Waals surface area contributed by atoms with Crippen molar-refractivity contribution >= 4 is 57.6 Å². The number of benzene rings is 4. The molecule has 2 aliphatic rings. The van der Waals surface area contributed by atoms with Crippen molar-refractivity contribution in [2.45, 2.75) is 18.9 Å². The second kappa shape index (κ2) is 11.9. The molecular formula is C33H26N4O2S2. The molecule has 2 aliphatic heterocycles. The maximum atomic E-state index is 13.1. The molecule has 2 amide bonds. The van der Waals surface area contributed by atoms with Gasteiger partial charge in [-0.25, -0.2) is 0 Å². The maximum Gasteiger partial charge on any atom is 0.285 e. The second-order valence-corrected chi connectivity index (χ2v) is 11.4. The Labute approximate surface area is 248 Å². The fourth-order valence-corrected chi connectivity index (χ4v) is 6.05. The first-order valence-electron chi connectivity index (χ1n) is 13.2. The molecule has 0 radical (unpaired) electrons. The van der Waals surface area contributed by atoms with Crippen LogP contribution in [0.2, 0.25) is 0 Å². The van der Waals surface area contributed by atoms with Crippen LogP contribution in [0.15, 0.2) is 125 Å². The van der Waals surface area contributed by atoms with Crippen LogP contribution in [0.25, 0.3) is 6.08 Å². The van der Waals surface area contributed by atoms with E-state index in [-0.39, 0.29) is 24.3 Å². The van der Waals surface area contributed by atoms with E-state index in [2.05, 4.69) is 46.8 Å². The van der Waals surface area contributed by atoms with Crippen LogP contribution in [0.5, 0.6) is 0 Å². The van der Waals surface area contributed by atoms with Gasteiger partial charge in [0.2, 0.25) is 5.91 Å². The lowest BCUT2D eigenvalue weighted by atomic mass is 9.98. The monoisotopic (exact) mass is 574 g/mol. The Morgan fingerprint density at radius 2 is 1.54 bits per heavy atom. The molecule has 0 bridgehead atoms. The van der Waals surface area contributed by atoms with Crippen LogP contribution in [-0.4, -0.2) is 26.9 Å². The summed E-state index contributed by atoms with van der Waals surface area (Å²) in [6.45, 7) is 0. The zero-order chi connectivity index (χ0) is 28.2. The molecule has 0 aromatic heterocycles. The van der Waals surface area contributed by atoms with Gasteiger partial charge in [-0.3, -0.25) is 20.0 Å². The molecule has 4 aromatic carbocycles. The normalized spacial score (nSPS) is 17.7. The van der Waals surface area contributed by atoms with Gasteiger partial charge in [0.15, 0.2) is 4.32 Å². The summed E-state index contributed by atoms with van der Waals surface area (Å²) >= 11 is 6.56. The molecule has 1 atom stereocenters. The summed E-state index contributed by atoms with van der Waals surface area (Å²) in [5.74, 6) is -0.640. The van der Waals surface area contributed by atoms with E-state index in [0.717, 1.165) is 39.5 Å². The molecule has 8 heteroatoms. The molecule has 41 heavy (non-hydrogen) atoms. The van der Waals surface area contributed by atoms with E-state index in [0.29, 0.717) is 9.23 Å². The molecule has 0 aliphatic carbocycles. The number of hydrogen-bond acceptors (Lipinski definition) is 6. The first-order chi connectivity index (χ1) is 20.0. The molecule has 6 nitrogen and oxygen atoms in total. The number of thiocarbonyl (C=S) groups is 1. The fourth-order valence-electron chi connectivity index (χ4n) is 4.87. The summed E-state index contributed by atoms with van der Waals surface area (Å²) in [6, 6.07) is 38.1. The molecule has 2 heterocycles. The van der Waals surface area contributed by atoms with Gasteiger partial charge in [0, 0.05) is 6.42 Å². The van der Waals surface area contributed by atoms with Crippen LogP contribution in [0, 0.1) is 0 Å². The van der Waals surface area contributed by atoms with Gasteiger partial charge < -0.3 is 0 Å². The summed E-state index contributed by atoms with van der Waals surface area (Å²) in [5.41, 5.74) is 8.68. The molecule has 1 N–H and O–H groups in total. The predicted molar refractivity (Wildman–Crippen MR) is 169 cm³/mol. The number of anilines is 1. The highest BCUT2D eigenvalue weighted by atomic mass is 32.2. The average molecular weight is 575 g/mol. The molecule has 1 unspecified atom stereocenters. The smallest absolute Gasteiger partial charge is 0.273 e. The summed E-state index contributed by atoms with van der Waals surface area (Å²) in [7, 11) is 0. The largest absolute Gasteiger partial charge is 0.285 e. The van der Waals surface area contributed by atoms with Crippen molar-refractivity contribution in [2.24, 2.45) is 5.10 Å². The number of thioether (sulfide) groups is 1. The molecule has 1 saturated heterocycles. The summed E-state index contributed by atoms with van der Waals surface area (Å²) in [6.07, 6.45) is 2.76. The Bertz CT molecular complexity index is 1640. The Morgan fingerprint density at radius 3 is 2.22 bits per heavy atom. The SMILES string of the molecule is O=C(Cc1ccccc1)NN1C(=O)C(=Cc2ccc(N3N=C(c4ccccc4)CC3c3ccccc3)cc2)SC1=S. The van der Waals surface area contributed by atoms with Crippen molar-refractivity contribution in [2.75, 3.05) is 5.01 Å². The van der Waals surface area contributed by atoms with E-state index in [4.69, 9.17) is 17.3 Å². The summed E-state index contributed by atoms with van der Waals surface area (Å²) in [4.78, 5) is 26.0. The number of carbonyl (C=O) groups excluding carboxylic acids is 2. The second-order valence-electron chi connectivity index (χ2n) is 9.69. The highest BCUT2D eigenvalue weighted by Crippen LogP contribution is 2.37. The van der Waals surface area contributed by atoms with Gasteiger partial charge in [-0.2, -0.15) is 10.1 Å². The van der Waals surface area contributed by atoms with Crippen molar-refractivity contribution in [1.82, 2.24) is 10.4 Å². The summed E-state index contributed by atoms with van der Waals surface area (Å²) < 4.78 is 0.296. The third kappa shape index (κ3) is 5.99. The van der Waals surface area contributed by atoms with Crippen LogP contribution < -0.4 is 10.4 Å². The van der Waals surface area contributed by atoms with Gasteiger partial charge in [-0.1, -0.05) is 115 Å². The number of rotatable bonds is 7. The molecule has 0 spiro atoms. The lowest BCUT2D eigenvalue weighted by Crippen LogP contribution is -2.45. The van der Waals surface area contributed by atoms with Gasteiger partial charge in [-0.15, -0.1) is 0 Å². The lowest BCUT2D eigenvalue weighted by molar-refractivity contribution is -0.132. The Kier molecular flexibility index (Phi) is 7.75. The van der Waals surface area contributed by atoms with Crippen molar-refractivity contribution < 1.29 is 9.59 Å². The molecular weight excluding hydrogens is 549 g/mol. The first-order valence-corrected chi connectivity index (χ1v) is 14.5. The molecule has 1 fully saturated rings. The van der Waals surface area contributed by atoms with E-state index in [9.17, 15) is 9.59 Å². The van der Waals surface area contributed by atoms with Gasteiger partial charge >= 0.3 is 0 Å². The van der Waals surface area contributed by atoms with Gasteiger partial charge in [0.1, 0.15) is 0 Å². The number of amides is 2. The van der Waals surface area contributed by atoms with Gasteiger partial charge in [0.05, 0.1) is 28.8 Å². The number of hydrazone groups is 1. The lowest BCUT2D eigenvalue weighted by Gasteiger charge is -2.24. The molecule has 202 valence electrons. The minimum atomic E-state index is -0.341. The number of carbonyl (C=O) groups is 2. The van der Waals surface area contributed by atoms with E-state index in [1.54, 1.807) is 6.08 Å². The Hall–Kier alpha value is -4.53. The number of nitrogens with one attached hydrogen (secondary N) is 1. The van der Waals surface area contributed by atoms with Crippen molar-refractivity contribution in [3.05, 3.63) is 142 Å². The van der Waals surface area contributed by atoms with Crippen LogP contribution in [-0.2, 0) is 16.0 Å². The van der Waals surface area contributed by atoms with Gasteiger partial charge in [0.25, 0.3) is 5.91 Å². The number of hydrazine groups is 1. The van der Waals surface area contributed by atoms with Crippen LogP contribution in [0.4, 0.5) is 5.69 Å².